The number of halogens is 3. The Morgan fingerprint density at radius 3 is 2.73 bits per heavy atom. The first-order valence-electron chi connectivity index (χ1n) is 8.09. The van der Waals surface area contributed by atoms with Gasteiger partial charge in [-0.1, -0.05) is 18.2 Å². The number of guanidine groups is 1. The lowest BCUT2D eigenvalue weighted by molar-refractivity contribution is 0.0818. The second-order valence-corrected chi connectivity index (χ2v) is 5.22. The van der Waals surface area contributed by atoms with Crippen LogP contribution in [0.25, 0.3) is 0 Å². The van der Waals surface area contributed by atoms with E-state index < -0.39 is 13.0 Å². The minimum absolute atomic E-state index is 0. The van der Waals surface area contributed by atoms with Crippen LogP contribution in [0.1, 0.15) is 18.2 Å². The Balaban J connectivity index is 0.00000338. The van der Waals surface area contributed by atoms with Gasteiger partial charge in [0.2, 0.25) is 0 Å². The SMILES string of the molecule is CCNC(=NCc1cccc(OCC(F)F)c1)NCc1ccccn1.I. The standard InChI is InChI=1S/C18H22F2N4O.HI/c1-2-21-18(24-12-15-7-3-4-9-22-15)23-11-14-6-5-8-16(10-14)25-13-17(19)20;/h3-10,17H,2,11-13H2,1H3,(H2,21,23,24);1H. The number of alkyl halides is 2. The number of rotatable bonds is 8. The fourth-order valence-corrected chi connectivity index (χ4v) is 2.08. The molecular formula is C18H23F2IN4O. The van der Waals surface area contributed by atoms with E-state index in [4.69, 9.17) is 4.74 Å². The molecule has 0 fully saturated rings. The van der Waals surface area contributed by atoms with Crippen molar-refractivity contribution in [2.75, 3.05) is 13.2 Å². The average Bonchev–Trinajstić information content (AvgIpc) is 2.63. The van der Waals surface area contributed by atoms with Crippen molar-refractivity contribution in [1.29, 1.82) is 0 Å². The summed E-state index contributed by atoms with van der Waals surface area (Å²) in [6, 6.07) is 12.7. The zero-order chi connectivity index (χ0) is 17.9. The average molecular weight is 476 g/mol. The molecule has 0 bridgehead atoms. The monoisotopic (exact) mass is 476 g/mol. The summed E-state index contributed by atoms with van der Waals surface area (Å²) in [7, 11) is 0. The summed E-state index contributed by atoms with van der Waals surface area (Å²) in [6.45, 7) is 3.07. The van der Waals surface area contributed by atoms with Gasteiger partial charge in [-0.3, -0.25) is 4.98 Å². The van der Waals surface area contributed by atoms with Gasteiger partial charge in [0.25, 0.3) is 6.43 Å². The van der Waals surface area contributed by atoms with Crippen molar-refractivity contribution in [3.05, 3.63) is 59.9 Å². The van der Waals surface area contributed by atoms with E-state index in [1.54, 1.807) is 24.4 Å². The van der Waals surface area contributed by atoms with Crippen molar-refractivity contribution in [1.82, 2.24) is 15.6 Å². The molecule has 0 unspecified atom stereocenters. The van der Waals surface area contributed by atoms with Crippen LogP contribution in [-0.2, 0) is 13.1 Å². The quantitative estimate of drug-likeness (QED) is 0.348. The van der Waals surface area contributed by atoms with Crippen LogP contribution in [-0.4, -0.2) is 30.5 Å². The molecule has 0 saturated carbocycles. The van der Waals surface area contributed by atoms with Crippen molar-refractivity contribution in [3.63, 3.8) is 0 Å². The molecule has 1 heterocycles. The third-order valence-corrected chi connectivity index (χ3v) is 3.20. The molecule has 0 aliphatic rings. The van der Waals surface area contributed by atoms with Gasteiger partial charge in [-0.25, -0.2) is 13.8 Å². The van der Waals surface area contributed by atoms with Crippen LogP contribution >= 0.6 is 24.0 Å². The maximum atomic E-state index is 12.2. The van der Waals surface area contributed by atoms with Gasteiger partial charge in [-0.15, -0.1) is 24.0 Å². The maximum Gasteiger partial charge on any atom is 0.272 e. The zero-order valence-electron chi connectivity index (χ0n) is 14.5. The number of nitrogens with zero attached hydrogens (tertiary/aromatic N) is 2. The van der Waals surface area contributed by atoms with Crippen LogP contribution in [0.5, 0.6) is 5.75 Å². The molecule has 1 aromatic carbocycles. The van der Waals surface area contributed by atoms with Crippen molar-refractivity contribution in [3.8, 4) is 5.75 Å². The second kappa shape index (κ2) is 12.4. The van der Waals surface area contributed by atoms with Gasteiger partial charge in [0, 0.05) is 12.7 Å². The highest BCUT2D eigenvalue weighted by Crippen LogP contribution is 2.15. The van der Waals surface area contributed by atoms with Crippen LogP contribution in [0.2, 0.25) is 0 Å². The van der Waals surface area contributed by atoms with E-state index in [1.807, 2.05) is 31.2 Å². The molecule has 2 aromatic rings. The van der Waals surface area contributed by atoms with Crippen LogP contribution < -0.4 is 15.4 Å². The molecule has 2 rings (SSSR count). The predicted molar refractivity (Wildman–Crippen MR) is 109 cm³/mol. The molecule has 0 aliphatic carbocycles. The summed E-state index contributed by atoms with van der Waals surface area (Å²) >= 11 is 0. The third kappa shape index (κ3) is 8.41. The van der Waals surface area contributed by atoms with Gasteiger partial charge < -0.3 is 15.4 Å². The van der Waals surface area contributed by atoms with E-state index in [9.17, 15) is 8.78 Å². The van der Waals surface area contributed by atoms with Crippen molar-refractivity contribution in [2.45, 2.75) is 26.4 Å². The Hall–Kier alpha value is -1.97. The summed E-state index contributed by atoms with van der Waals surface area (Å²) in [5.74, 6) is 1.08. The third-order valence-electron chi connectivity index (χ3n) is 3.20. The van der Waals surface area contributed by atoms with Crippen LogP contribution in [0.4, 0.5) is 8.78 Å². The first-order chi connectivity index (χ1) is 12.2. The second-order valence-electron chi connectivity index (χ2n) is 5.22. The zero-order valence-corrected chi connectivity index (χ0v) is 16.8. The minimum atomic E-state index is -2.49. The number of aromatic nitrogens is 1. The summed E-state index contributed by atoms with van der Waals surface area (Å²) in [6.07, 6.45) is -0.746. The molecule has 0 aliphatic heterocycles. The van der Waals surface area contributed by atoms with E-state index in [2.05, 4.69) is 20.6 Å². The number of aliphatic imine (C=N–C) groups is 1. The minimum Gasteiger partial charge on any atom is -0.488 e. The number of nitrogens with one attached hydrogen (secondary N) is 2. The maximum absolute atomic E-state index is 12.2. The number of hydrogen-bond acceptors (Lipinski definition) is 3. The van der Waals surface area contributed by atoms with Gasteiger partial charge in [-0.2, -0.15) is 0 Å². The number of pyridine rings is 1. The first-order valence-corrected chi connectivity index (χ1v) is 8.09. The molecular weight excluding hydrogens is 453 g/mol. The lowest BCUT2D eigenvalue weighted by atomic mass is 10.2. The molecule has 0 spiro atoms. The highest BCUT2D eigenvalue weighted by atomic mass is 127. The summed E-state index contributed by atoms with van der Waals surface area (Å²) in [5.41, 5.74) is 1.79. The molecule has 26 heavy (non-hydrogen) atoms. The molecule has 0 atom stereocenters. The van der Waals surface area contributed by atoms with Gasteiger partial charge in [-0.05, 0) is 36.8 Å². The lowest BCUT2D eigenvalue weighted by Gasteiger charge is -2.11. The number of ether oxygens (including phenoxy) is 1. The molecule has 142 valence electrons. The van der Waals surface area contributed by atoms with E-state index in [-0.39, 0.29) is 24.0 Å². The molecule has 1 aromatic heterocycles. The Labute approximate surface area is 169 Å². The van der Waals surface area contributed by atoms with Crippen LogP contribution in [0, 0.1) is 0 Å². The van der Waals surface area contributed by atoms with Crippen LogP contribution in [0.15, 0.2) is 53.7 Å². The van der Waals surface area contributed by atoms with Crippen molar-refractivity contribution >= 4 is 29.9 Å². The first kappa shape index (κ1) is 22.1. The Morgan fingerprint density at radius 2 is 2.04 bits per heavy atom. The van der Waals surface area contributed by atoms with Crippen molar-refractivity contribution < 1.29 is 13.5 Å². The molecule has 0 radical (unpaired) electrons. The van der Waals surface area contributed by atoms with Gasteiger partial charge in [0.1, 0.15) is 12.4 Å². The Bertz CT molecular complexity index is 671. The topological polar surface area (TPSA) is 58.5 Å². The van der Waals surface area contributed by atoms with E-state index in [0.29, 0.717) is 24.8 Å². The molecule has 8 heteroatoms. The van der Waals surface area contributed by atoms with Crippen LogP contribution in [0.3, 0.4) is 0 Å². The fourth-order valence-electron chi connectivity index (χ4n) is 2.08. The van der Waals surface area contributed by atoms with E-state index in [0.717, 1.165) is 17.8 Å². The fraction of sp³-hybridized carbons (Fsp3) is 0.333. The summed E-state index contributed by atoms with van der Waals surface area (Å²) in [5, 5.41) is 6.37. The highest BCUT2D eigenvalue weighted by Gasteiger charge is 2.04. The van der Waals surface area contributed by atoms with Gasteiger partial charge >= 0.3 is 0 Å². The summed E-state index contributed by atoms with van der Waals surface area (Å²) < 4.78 is 29.5. The molecule has 0 saturated heterocycles. The largest absolute Gasteiger partial charge is 0.488 e. The molecule has 5 nitrogen and oxygen atoms in total. The molecule has 0 amide bonds. The lowest BCUT2D eigenvalue weighted by Crippen LogP contribution is -2.37. The highest BCUT2D eigenvalue weighted by molar-refractivity contribution is 14.0. The number of hydrogen-bond donors (Lipinski definition) is 2. The Morgan fingerprint density at radius 1 is 1.19 bits per heavy atom. The Kier molecular flexibility index (Phi) is 10.5. The normalized spacial score (nSPS) is 11.0. The van der Waals surface area contributed by atoms with Gasteiger partial charge in [0.15, 0.2) is 5.96 Å². The number of benzene rings is 1. The van der Waals surface area contributed by atoms with Crippen molar-refractivity contribution in [2.24, 2.45) is 4.99 Å². The van der Waals surface area contributed by atoms with E-state index in [1.165, 1.54) is 0 Å². The van der Waals surface area contributed by atoms with E-state index >= 15 is 0 Å². The smallest absolute Gasteiger partial charge is 0.272 e. The predicted octanol–water partition coefficient (Wildman–Crippen LogP) is 3.60. The summed E-state index contributed by atoms with van der Waals surface area (Å²) in [4.78, 5) is 8.75. The van der Waals surface area contributed by atoms with Gasteiger partial charge in [0.05, 0.1) is 18.8 Å². The molecule has 2 N–H and O–H groups in total.